The first-order valence-corrected chi connectivity index (χ1v) is 4.74. The van der Waals surface area contributed by atoms with Crippen molar-refractivity contribution < 1.29 is 9.90 Å². The van der Waals surface area contributed by atoms with E-state index >= 15 is 0 Å². The van der Waals surface area contributed by atoms with Crippen molar-refractivity contribution in [3.05, 3.63) is 0 Å². The van der Waals surface area contributed by atoms with Crippen LogP contribution in [0.2, 0.25) is 0 Å². The van der Waals surface area contributed by atoms with Gasteiger partial charge in [-0.3, -0.25) is 4.79 Å². The van der Waals surface area contributed by atoms with Crippen molar-refractivity contribution in [2.75, 3.05) is 6.54 Å². The molecule has 0 fully saturated rings. The highest BCUT2D eigenvalue weighted by Gasteiger charge is 2.12. The molecule has 1 unspecified atom stereocenters. The number of carbonyl (C=O) groups is 1. The third-order valence-corrected chi connectivity index (χ3v) is 1.75. The Labute approximate surface area is 79.5 Å². The quantitative estimate of drug-likeness (QED) is 0.546. The van der Waals surface area contributed by atoms with Gasteiger partial charge < -0.3 is 16.2 Å². The highest BCUT2D eigenvalue weighted by molar-refractivity contribution is 5.67. The molecule has 0 radical (unpaired) electrons. The molecule has 4 heteroatoms. The van der Waals surface area contributed by atoms with E-state index in [9.17, 15) is 4.79 Å². The standard InChI is InChI=1S/C9H20N2O2/c1-7(2)11-8(4-3-5-10)6-9(12)13/h7-8,11H,3-6,10H2,1-2H3,(H,12,13). The van der Waals surface area contributed by atoms with E-state index in [0.29, 0.717) is 12.6 Å². The van der Waals surface area contributed by atoms with Crippen LogP contribution < -0.4 is 11.1 Å². The van der Waals surface area contributed by atoms with Crippen molar-refractivity contribution in [3.63, 3.8) is 0 Å². The van der Waals surface area contributed by atoms with Crippen LogP contribution in [0.15, 0.2) is 0 Å². The van der Waals surface area contributed by atoms with Gasteiger partial charge in [-0.15, -0.1) is 0 Å². The van der Waals surface area contributed by atoms with Gasteiger partial charge in [-0.05, 0) is 19.4 Å². The van der Waals surface area contributed by atoms with Crippen LogP contribution in [0, 0.1) is 0 Å². The highest BCUT2D eigenvalue weighted by Crippen LogP contribution is 2.02. The third-order valence-electron chi connectivity index (χ3n) is 1.75. The second-order valence-corrected chi connectivity index (χ2v) is 3.55. The van der Waals surface area contributed by atoms with E-state index in [4.69, 9.17) is 10.8 Å². The fourth-order valence-electron chi connectivity index (χ4n) is 1.29. The van der Waals surface area contributed by atoms with E-state index in [1.807, 2.05) is 13.8 Å². The molecule has 13 heavy (non-hydrogen) atoms. The lowest BCUT2D eigenvalue weighted by Crippen LogP contribution is -2.36. The molecule has 0 saturated heterocycles. The van der Waals surface area contributed by atoms with Crippen molar-refractivity contribution in [2.24, 2.45) is 5.73 Å². The van der Waals surface area contributed by atoms with Gasteiger partial charge in [0.15, 0.2) is 0 Å². The Hall–Kier alpha value is -0.610. The van der Waals surface area contributed by atoms with Crippen LogP contribution in [-0.4, -0.2) is 29.7 Å². The van der Waals surface area contributed by atoms with E-state index < -0.39 is 5.97 Å². The molecule has 0 aliphatic carbocycles. The minimum absolute atomic E-state index is 0.0565. The lowest BCUT2D eigenvalue weighted by atomic mass is 10.1. The molecule has 1 atom stereocenters. The zero-order valence-electron chi connectivity index (χ0n) is 8.42. The Bertz CT molecular complexity index is 149. The minimum atomic E-state index is -0.754. The van der Waals surface area contributed by atoms with E-state index in [2.05, 4.69) is 5.32 Å². The molecule has 0 rings (SSSR count). The van der Waals surface area contributed by atoms with Crippen molar-refractivity contribution in [3.8, 4) is 0 Å². The van der Waals surface area contributed by atoms with Crippen LogP contribution in [-0.2, 0) is 4.79 Å². The number of hydrogen-bond donors (Lipinski definition) is 3. The van der Waals surface area contributed by atoms with Crippen LogP contribution in [0.1, 0.15) is 33.1 Å². The lowest BCUT2D eigenvalue weighted by Gasteiger charge is -2.19. The van der Waals surface area contributed by atoms with Crippen LogP contribution in [0.4, 0.5) is 0 Å². The topological polar surface area (TPSA) is 75.3 Å². The molecule has 0 amide bonds. The fraction of sp³-hybridized carbons (Fsp3) is 0.889. The molecule has 0 saturated carbocycles. The predicted molar refractivity (Wildman–Crippen MR) is 52.6 cm³/mol. The largest absolute Gasteiger partial charge is 0.481 e. The number of carboxylic acids is 1. The molecule has 0 aliphatic heterocycles. The predicted octanol–water partition coefficient (Wildman–Crippen LogP) is 0.567. The summed E-state index contributed by atoms with van der Waals surface area (Å²) < 4.78 is 0. The van der Waals surface area contributed by atoms with E-state index in [-0.39, 0.29) is 12.5 Å². The second-order valence-electron chi connectivity index (χ2n) is 3.55. The first-order valence-electron chi connectivity index (χ1n) is 4.74. The van der Waals surface area contributed by atoms with E-state index in [1.54, 1.807) is 0 Å². The molecule has 0 bridgehead atoms. The van der Waals surface area contributed by atoms with Gasteiger partial charge in [-0.25, -0.2) is 0 Å². The van der Waals surface area contributed by atoms with Crippen molar-refractivity contribution >= 4 is 5.97 Å². The summed E-state index contributed by atoms with van der Waals surface area (Å²) in [5.74, 6) is -0.754. The molecule has 4 nitrogen and oxygen atoms in total. The van der Waals surface area contributed by atoms with Gasteiger partial charge >= 0.3 is 5.97 Å². The molecule has 4 N–H and O–H groups in total. The van der Waals surface area contributed by atoms with Crippen LogP contribution in [0.3, 0.4) is 0 Å². The summed E-state index contributed by atoms with van der Waals surface area (Å²) in [6.45, 7) is 4.64. The summed E-state index contributed by atoms with van der Waals surface area (Å²) in [4.78, 5) is 10.5. The number of aliphatic carboxylic acids is 1. The number of rotatable bonds is 7. The molecule has 0 heterocycles. The first-order chi connectivity index (χ1) is 6.06. The van der Waals surface area contributed by atoms with Crippen molar-refractivity contribution in [1.82, 2.24) is 5.32 Å². The zero-order valence-corrected chi connectivity index (χ0v) is 8.42. The van der Waals surface area contributed by atoms with Gasteiger partial charge in [0, 0.05) is 12.1 Å². The molecule has 0 spiro atoms. The number of carboxylic acid groups (broad SMARTS) is 1. The van der Waals surface area contributed by atoms with Crippen LogP contribution in [0.25, 0.3) is 0 Å². The van der Waals surface area contributed by atoms with Crippen LogP contribution in [0.5, 0.6) is 0 Å². The van der Waals surface area contributed by atoms with Crippen LogP contribution >= 0.6 is 0 Å². The van der Waals surface area contributed by atoms with Gasteiger partial charge in [0.1, 0.15) is 0 Å². The third kappa shape index (κ3) is 7.74. The maximum absolute atomic E-state index is 10.5. The Morgan fingerprint density at radius 1 is 1.54 bits per heavy atom. The maximum Gasteiger partial charge on any atom is 0.304 e. The summed E-state index contributed by atoms with van der Waals surface area (Å²) in [5.41, 5.74) is 5.36. The number of hydrogen-bond acceptors (Lipinski definition) is 3. The van der Waals surface area contributed by atoms with Gasteiger partial charge in [0.25, 0.3) is 0 Å². The Balaban J connectivity index is 3.80. The molecule has 0 aliphatic rings. The molecular formula is C9H20N2O2. The molecular weight excluding hydrogens is 168 g/mol. The summed E-state index contributed by atoms with van der Waals surface area (Å²) in [6.07, 6.45) is 1.89. The van der Waals surface area contributed by atoms with E-state index in [0.717, 1.165) is 12.8 Å². The second kappa shape index (κ2) is 6.86. The number of nitrogens with two attached hydrogens (primary N) is 1. The Kier molecular flexibility index (Phi) is 6.54. The van der Waals surface area contributed by atoms with Gasteiger partial charge in [-0.2, -0.15) is 0 Å². The zero-order chi connectivity index (χ0) is 10.3. The summed E-state index contributed by atoms with van der Waals surface area (Å²) >= 11 is 0. The van der Waals surface area contributed by atoms with E-state index in [1.165, 1.54) is 0 Å². The average molecular weight is 188 g/mol. The molecule has 78 valence electrons. The first kappa shape index (κ1) is 12.4. The summed E-state index contributed by atoms with van der Waals surface area (Å²) in [7, 11) is 0. The smallest absolute Gasteiger partial charge is 0.304 e. The Morgan fingerprint density at radius 3 is 2.54 bits per heavy atom. The summed E-state index contributed by atoms with van der Waals surface area (Å²) in [6, 6.07) is 0.378. The normalized spacial score (nSPS) is 13.2. The Morgan fingerprint density at radius 2 is 2.15 bits per heavy atom. The van der Waals surface area contributed by atoms with Gasteiger partial charge in [0.05, 0.1) is 6.42 Å². The van der Waals surface area contributed by atoms with Crippen molar-refractivity contribution in [1.29, 1.82) is 0 Å². The molecule has 0 aromatic heterocycles. The fourth-order valence-corrected chi connectivity index (χ4v) is 1.29. The summed E-state index contributed by atoms with van der Waals surface area (Å²) in [5, 5.41) is 11.8. The van der Waals surface area contributed by atoms with Crippen molar-refractivity contribution in [2.45, 2.75) is 45.2 Å². The molecule has 0 aromatic carbocycles. The SMILES string of the molecule is CC(C)NC(CCCN)CC(=O)O. The van der Waals surface area contributed by atoms with Gasteiger partial charge in [0.2, 0.25) is 0 Å². The maximum atomic E-state index is 10.5. The average Bonchev–Trinajstić information content (AvgIpc) is 1.98. The van der Waals surface area contributed by atoms with Gasteiger partial charge in [-0.1, -0.05) is 13.8 Å². The minimum Gasteiger partial charge on any atom is -0.481 e. The molecule has 0 aromatic rings. The number of nitrogens with one attached hydrogen (secondary N) is 1. The highest BCUT2D eigenvalue weighted by atomic mass is 16.4. The lowest BCUT2D eigenvalue weighted by molar-refractivity contribution is -0.137. The monoisotopic (exact) mass is 188 g/mol.